The Morgan fingerprint density at radius 1 is 1.31 bits per heavy atom. The first-order valence-electron chi connectivity index (χ1n) is 5.42. The number of rotatable bonds is 2. The van der Waals surface area contributed by atoms with E-state index in [2.05, 4.69) is 9.97 Å². The largest absolute Gasteiger partial charge is 0.440 e. The van der Waals surface area contributed by atoms with Crippen LogP contribution in [0, 0.1) is 6.92 Å². The summed E-state index contributed by atoms with van der Waals surface area (Å²) < 4.78 is 5.68. The number of aryl methyl sites for hydroxylation is 1. The Hall–Kier alpha value is -1.84. The summed E-state index contributed by atoms with van der Waals surface area (Å²) in [6.07, 6.45) is 5.89. The van der Waals surface area contributed by atoms with E-state index in [0.717, 1.165) is 22.9 Å². The number of anilines is 1. The van der Waals surface area contributed by atoms with Crippen LogP contribution in [0.2, 0.25) is 0 Å². The van der Waals surface area contributed by atoms with Gasteiger partial charge in [-0.05, 0) is 25.8 Å². The topological polar surface area (TPSA) is 64.9 Å². The van der Waals surface area contributed by atoms with Crippen molar-refractivity contribution in [3.63, 3.8) is 0 Å². The smallest absolute Gasteiger partial charge is 0.198 e. The maximum atomic E-state index is 5.81. The molecule has 0 radical (unpaired) electrons. The zero-order valence-electron chi connectivity index (χ0n) is 9.10. The molecule has 2 N–H and O–H groups in total. The quantitative estimate of drug-likeness (QED) is 0.835. The zero-order valence-corrected chi connectivity index (χ0v) is 9.10. The van der Waals surface area contributed by atoms with Gasteiger partial charge in [-0.25, -0.2) is 4.98 Å². The molecule has 1 saturated carbocycles. The summed E-state index contributed by atoms with van der Waals surface area (Å²) in [5.74, 6) is 2.12. The molecule has 2 aromatic rings. The van der Waals surface area contributed by atoms with Gasteiger partial charge < -0.3 is 10.2 Å². The van der Waals surface area contributed by atoms with Crippen molar-refractivity contribution in [2.45, 2.75) is 25.7 Å². The van der Waals surface area contributed by atoms with Gasteiger partial charge in [0.2, 0.25) is 0 Å². The summed E-state index contributed by atoms with van der Waals surface area (Å²) in [5, 5.41) is 0. The normalized spacial score (nSPS) is 15.3. The fourth-order valence-corrected chi connectivity index (χ4v) is 1.62. The van der Waals surface area contributed by atoms with Crippen molar-refractivity contribution in [2.75, 3.05) is 5.73 Å². The maximum absolute atomic E-state index is 5.81. The van der Waals surface area contributed by atoms with Crippen molar-refractivity contribution < 1.29 is 4.42 Å². The van der Waals surface area contributed by atoms with Gasteiger partial charge >= 0.3 is 0 Å². The first kappa shape index (κ1) is 9.39. The minimum absolute atomic E-state index is 0.532. The molecule has 0 aromatic carbocycles. The Balaban J connectivity index is 1.97. The summed E-state index contributed by atoms with van der Waals surface area (Å²) in [6, 6.07) is 1.87. The summed E-state index contributed by atoms with van der Waals surface area (Å²) in [4.78, 5) is 8.48. The Bertz CT molecular complexity index is 529. The van der Waals surface area contributed by atoms with Gasteiger partial charge in [0.15, 0.2) is 11.7 Å². The lowest BCUT2D eigenvalue weighted by Gasteiger charge is -2.00. The molecule has 3 rings (SSSR count). The highest BCUT2D eigenvalue weighted by atomic mass is 16.4. The summed E-state index contributed by atoms with van der Waals surface area (Å²) in [6.45, 7) is 1.88. The summed E-state index contributed by atoms with van der Waals surface area (Å²) in [7, 11) is 0. The van der Waals surface area contributed by atoms with Gasteiger partial charge in [0.05, 0.1) is 17.6 Å². The third-order valence-electron chi connectivity index (χ3n) is 2.86. The summed E-state index contributed by atoms with van der Waals surface area (Å²) in [5.41, 5.74) is 8.22. The third kappa shape index (κ3) is 1.56. The second-order valence-corrected chi connectivity index (χ2v) is 4.24. The van der Waals surface area contributed by atoms with Crippen LogP contribution in [0.15, 0.2) is 22.9 Å². The standard InChI is InChI=1S/C12H13N3O/c1-7-10(13)4-9(5-14-7)11-6-15-12(16-11)8-2-3-8/h4-6,8H,2-3,13H2,1H3. The van der Waals surface area contributed by atoms with E-state index in [1.54, 1.807) is 12.4 Å². The van der Waals surface area contributed by atoms with Crippen LogP contribution in [0.4, 0.5) is 5.69 Å². The number of nitrogens with zero attached hydrogens (tertiary/aromatic N) is 2. The Kier molecular flexibility index (Phi) is 1.96. The van der Waals surface area contributed by atoms with Crippen molar-refractivity contribution in [1.82, 2.24) is 9.97 Å². The molecule has 0 unspecified atom stereocenters. The molecule has 0 spiro atoms. The lowest BCUT2D eigenvalue weighted by atomic mass is 10.2. The van der Waals surface area contributed by atoms with Crippen LogP contribution in [0.5, 0.6) is 0 Å². The van der Waals surface area contributed by atoms with Gasteiger partial charge in [-0.2, -0.15) is 0 Å². The number of nitrogen functional groups attached to an aromatic ring is 1. The fourth-order valence-electron chi connectivity index (χ4n) is 1.62. The molecule has 1 fully saturated rings. The van der Waals surface area contributed by atoms with Crippen molar-refractivity contribution in [1.29, 1.82) is 0 Å². The number of oxazole rings is 1. The van der Waals surface area contributed by atoms with Crippen molar-refractivity contribution in [3.8, 4) is 11.3 Å². The van der Waals surface area contributed by atoms with Crippen LogP contribution >= 0.6 is 0 Å². The molecule has 1 aliphatic carbocycles. The SMILES string of the molecule is Cc1ncc(-c2cnc(C3CC3)o2)cc1N. The van der Waals surface area contributed by atoms with Gasteiger partial charge in [-0.1, -0.05) is 0 Å². The lowest BCUT2D eigenvalue weighted by molar-refractivity contribution is 0.509. The molecule has 0 saturated heterocycles. The molecule has 0 bridgehead atoms. The van der Waals surface area contributed by atoms with E-state index in [-0.39, 0.29) is 0 Å². The molecule has 2 aromatic heterocycles. The van der Waals surface area contributed by atoms with Crippen molar-refractivity contribution in [3.05, 3.63) is 30.0 Å². The summed E-state index contributed by atoms with van der Waals surface area (Å²) >= 11 is 0. The van der Waals surface area contributed by atoms with Crippen LogP contribution in [-0.2, 0) is 0 Å². The second kappa shape index (κ2) is 3.33. The van der Waals surface area contributed by atoms with Gasteiger partial charge in [0.25, 0.3) is 0 Å². The third-order valence-corrected chi connectivity index (χ3v) is 2.86. The van der Waals surface area contributed by atoms with Crippen LogP contribution in [0.1, 0.15) is 30.3 Å². The number of hydrogen-bond donors (Lipinski definition) is 1. The minimum Gasteiger partial charge on any atom is -0.440 e. The van der Waals surface area contributed by atoms with Crippen molar-refractivity contribution in [2.24, 2.45) is 0 Å². The van der Waals surface area contributed by atoms with E-state index in [0.29, 0.717) is 11.6 Å². The molecule has 16 heavy (non-hydrogen) atoms. The highest BCUT2D eigenvalue weighted by Crippen LogP contribution is 2.40. The molecule has 82 valence electrons. The molecule has 4 heteroatoms. The maximum Gasteiger partial charge on any atom is 0.198 e. The monoisotopic (exact) mass is 215 g/mol. The van der Waals surface area contributed by atoms with Gasteiger partial charge in [0, 0.05) is 17.7 Å². The highest BCUT2D eigenvalue weighted by molar-refractivity contribution is 5.61. The molecule has 1 aliphatic rings. The molecule has 0 amide bonds. The average molecular weight is 215 g/mol. The molecule has 4 nitrogen and oxygen atoms in total. The van der Waals surface area contributed by atoms with Crippen LogP contribution in [-0.4, -0.2) is 9.97 Å². The van der Waals surface area contributed by atoms with E-state index >= 15 is 0 Å². The zero-order chi connectivity index (χ0) is 11.1. The molecule has 0 aliphatic heterocycles. The van der Waals surface area contributed by atoms with Gasteiger partial charge in [0.1, 0.15) is 0 Å². The number of pyridine rings is 1. The first-order valence-corrected chi connectivity index (χ1v) is 5.42. The van der Waals surface area contributed by atoms with E-state index in [1.165, 1.54) is 12.8 Å². The molecular weight excluding hydrogens is 202 g/mol. The molecular formula is C12H13N3O. The Morgan fingerprint density at radius 3 is 2.81 bits per heavy atom. The molecule has 0 atom stereocenters. The lowest BCUT2D eigenvalue weighted by Crippen LogP contribution is -1.92. The van der Waals surface area contributed by atoms with Gasteiger partial charge in [-0.3, -0.25) is 4.98 Å². The van der Waals surface area contributed by atoms with E-state index in [4.69, 9.17) is 10.2 Å². The predicted molar refractivity (Wildman–Crippen MR) is 60.9 cm³/mol. The van der Waals surface area contributed by atoms with Gasteiger partial charge in [-0.15, -0.1) is 0 Å². The Labute approximate surface area is 93.5 Å². The van der Waals surface area contributed by atoms with Crippen LogP contribution in [0.3, 0.4) is 0 Å². The fraction of sp³-hybridized carbons (Fsp3) is 0.333. The number of hydrogen-bond acceptors (Lipinski definition) is 4. The number of nitrogens with two attached hydrogens (primary N) is 1. The van der Waals surface area contributed by atoms with Crippen LogP contribution < -0.4 is 5.73 Å². The average Bonchev–Trinajstić information content (AvgIpc) is 3.01. The van der Waals surface area contributed by atoms with E-state index < -0.39 is 0 Å². The minimum atomic E-state index is 0.532. The second-order valence-electron chi connectivity index (χ2n) is 4.24. The number of aromatic nitrogens is 2. The van der Waals surface area contributed by atoms with E-state index in [1.807, 2.05) is 13.0 Å². The predicted octanol–water partition coefficient (Wildman–Crippen LogP) is 2.50. The first-order chi connectivity index (χ1) is 7.74. The molecule has 2 heterocycles. The Morgan fingerprint density at radius 2 is 2.12 bits per heavy atom. The highest BCUT2D eigenvalue weighted by Gasteiger charge is 2.28. The van der Waals surface area contributed by atoms with E-state index in [9.17, 15) is 0 Å². The van der Waals surface area contributed by atoms with Crippen molar-refractivity contribution >= 4 is 5.69 Å². The van der Waals surface area contributed by atoms with Crippen LogP contribution in [0.25, 0.3) is 11.3 Å².